The Morgan fingerprint density at radius 3 is 2.77 bits per heavy atom. The van der Waals surface area contributed by atoms with Gasteiger partial charge >= 0.3 is 0 Å². The summed E-state index contributed by atoms with van der Waals surface area (Å²) in [7, 11) is -0.940. The van der Waals surface area contributed by atoms with Gasteiger partial charge in [-0.05, 0) is 23.8 Å². The van der Waals surface area contributed by atoms with Crippen LogP contribution in [0, 0.1) is 0 Å². The lowest BCUT2D eigenvalue weighted by Gasteiger charge is -2.21. The third-order valence-corrected chi connectivity index (χ3v) is 5.63. The fourth-order valence-electron chi connectivity index (χ4n) is 2.70. The molecule has 0 saturated carbocycles. The SMILES string of the molecule is O=C1c2ccccc2N=C[SH]1Cc1cccc2cccnc12. The predicted molar refractivity (Wildman–Crippen MR) is 93.4 cm³/mol. The Morgan fingerprint density at radius 2 is 1.82 bits per heavy atom. The van der Waals surface area contributed by atoms with Crippen molar-refractivity contribution < 1.29 is 4.79 Å². The van der Waals surface area contributed by atoms with Crippen LogP contribution in [0.5, 0.6) is 0 Å². The topological polar surface area (TPSA) is 42.3 Å². The summed E-state index contributed by atoms with van der Waals surface area (Å²) < 4.78 is 0. The number of para-hydroxylation sites is 2. The van der Waals surface area contributed by atoms with E-state index in [1.807, 2.05) is 54.1 Å². The first-order valence-electron chi connectivity index (χ1n) is 7.10. The van der Waals surface area contributed by atoms with Gasteiger partial charge in [0.1, 0.15) is 0 Å². The number of thiol groups is 1. The molecule has 3 aromatic rings. The predicted octanol–water partition coefficient (Wildman–Crippen LogP) is 4.25. The van der Waals surface area contributed by atoms with E-state index in [1.165, 1.54) is 0 Å². The molecule has 108 valence electrons. The normalized spacial score (nSPS) is 18.4. The summed E-state index contributed by atoms with van der Waals surface area (Å²) in [6.07, 6.45) is 1.80. The third-order valence-electron chi connectivity index (χ3n) is 3.79. The summed E-state index contributed by atoms with van der Waals surface area (Å²) in [6.45, 7) is 0. The fourth-order valence-corrected chi connectivity index (χ4v) is 4.41. The van der Waals surface area contributed by atoms with E-state index < -0.39 is 10.9 Å². The van der Waals surface area contributed by atoms with E-state index in [0.717, 1.165) is 27.7 Å². The first-order chi connectivity index (χ1) is 10.8. The lowest BCUT2D eigenvalue weighted by Crippen LogP contribution is -2.08. The van der Waals surface area contributed by atoms with Gasteiger partial charge in [-0.25, -0.2) is 0 Å². The largest absolute Gasteiger partial charge is 0.283 e. The molecule has 0 spiro atoms. The van der Waals surface area contributed by atoms with Crippen LogP contribution < -0.4 is 0 Å². The Balaban J connectivity index is 1.71. The number of rotatable bonds is 2. The van der Waals surface area contributed by atoms with E-state index in [2.05, 4.69) is 16.0 Å². The molecule has 1 atom stereocenters. The number of carbonyl (C=O) groups excluding carboxylic acids is 1. The Bertz CT molecular complexity index is 899. The van der Waals surface area contributed by atoms with Crippen molar-refractivity contribution in [2.75, 3.05) is 0 Å². The first kappa shape index (κ1) is 13.2. The summed E-state index contributed by atoms with van der Waals surface area (Å²) in [4.78, 5) is 21.6. The lowest BCUT2D eigenvalue weighted by molar-refractivity contribution is 0.108. The van der Waals surface area contributed by atoms with E-state index in [9.17, 15) is 4.79 Å². The van der Waals surface area contributed by atoms with Gasteiger partial charge in [0, 0.05) is 22.9 Å². The summed E-state index contributed by atoms with van der Waals surface area (Å²) in [5.41, 5.74) is 5.45. The van der Waals surface area contributed by atoms with E-state index >= 15 is 0 Å². The van der Waals surface area contributed by atoms with Gasteiger partial charge in [-0.15, -0.1) is 10.9 Å². The highest BCUT2D eigenvalue weighted by atomic mass is 32.2. The maximum Gasteiger partial charge on any atom is 0.207 e. The molecule has 1 aliphatic heterocycles. The maximum absolute atomic E-state index is 12.7. The smallest absolute Gasteiger partial charge is 0.207 e. The van der Waals surface area contributed by atoms with Gasteiger partial charge < -0.3 is 0 Å². The van der Waals surface area contributed by atoms with Crippen LogP contribution in [0.25, 0.3) is 10.9 Å². The molecule has 22 heavy (non-hydrogen) atoms. The van der Waals surface area contributed by atoms with Crippen molar-refractivity contribution in [2.24, 2.45) is 4.99 Å². The molecule has 0 aliphatic carbocycles. The van der Waals surface area contributed by atoms with E-state index in [1.54, 1.807) is 6.20 Å². The number of benzene rings is 2. The minimum absolute atomic E-state index is 0.202. The van der Waals surface area contributed by atoms with Crippen molar-refractivity contribution >= 4 is 38.1 Å². The van der Waals surface area contributed by atoms with E-state index in [-0.39, 0.29) is 5.12 Å². The van der Waals surface area contributed by atoms with Crippen molar-refractivity contribution in [2.45, 2.75) is 5.75 Å². The van der Waals surface area contributed by atoms with Gasteiger partial charge in [0.05, 0.1) is 16.8 Å². The maximum atomic E-state index is 12.7. The zero-order chi connectivity index (χ0) is 14.9. The average Bonchev–Trinajstić information content (AvgIpc) is 2.58. The fraction of sp³-hybridized carbons (Fsp3) is 0.0556. The molecule has 2 heterocycles. The monoisotopic (exact) mass is 306 g/mol. The van der Waals surface area contributed by atoms with Gasteiger partial charge in [0.2, 0.25) is 5.12 Å². The lowest BCUT2D eigenvalue weighted by atomic mass is 10.1. The van der Waals surface area contributed by atoms with Crippen LogP contribution in [0.3, 0.4) is 0 Å². The molecule has 4 rings (SSSR count). The van der Waals surface area contributed by atoms with Gasteiger partial charge in [-0.2, -0.15) is 0 Å². The molecule has 4 heteroatoms. The molecule has 3 nitrogen and oxygen atoms in total. The molecule has 2 aromatic carbocycles. The number of pyridine rings is 1. The van der Waals surface area contributed by atoms with Crippen LogP contribution >= 0.6 is 10.9 Å². The highest BCUT2D eigenvalue weighted by Gasteiger charge is 2.22. The second-order valence-electron chi connectivity index (χ2n) is 5.19. The van der Waals surface area contributed by atoms with Crippen LogP contribution in [0.4, 0.5) is 5.69 Å². The van der Waals surface area contributed by atoms with E-state index in [0.29, 0.717) is 5.75 Å². The van der Waals surface area contributed by atoms with Gasteiger partial charge in [0.25, 0.3) is 0 Å². The Morgan fingerprint density at radius 1 is 0.955 bits per heavy atom. The molecule has 0 fully saturated rings. The number of fused-ring (bicyclic) bond motifs is 2. The summed E-state index contributed by atoms with van der Waals surface area (Å²) in [5, 5.41) is 1.31. The highest BCUT2D eigenvalue weighted by Crippen LogP contribution is 2.40. The summed E-state index contributed by atoms with van der Waals surface area (Å²) in [5.74, 6) is 0.695. The number of carbonyl (C=O) groups is 1. The minimum Gasteiger partial charge on any atom is -0.283 e. The zero-order valence-electron chi connectivity index (χ0n) is 11.8. The summed E-state index contributed by atoms with van der Waals surface area (Å²) in [6, 6.07) is 17.7. The standard InChI is InChI=1S/C18H14N2OS/c21-18-15-8-1-2-9-16(15)20-12-22(18)11-14-6-3-5-13-7-4-10-19-17(13)14/h1-10,12,22H,11H2. The third kappa shape index (κ3) is 2.22. The van der Waals surface area contributed by atoms with Crippen LogP contribution in [0.2, 0.25) is 0 Å². The second-order valence-corrected chi connectivity index (χ2v) is 7.08. The van der Waals surface area contributed by atoms with E-state index in [4.69, 9.17) is 0 Å². The molecule has 0 amide bonds. The summed E-state index contributed by atoms with van der Waals surface area (Å²) >= 11 is 0. The number of aliphatic imine (C=N–C) groups is 1. The average molecular weight is 306 g/mol. The molecular weight excluding hydrogens is 292 g/mol. The first-order valence-corrected chi connectivity index (χ1v) is 8.69. The van der Waals surface area contributed by atoms with Crippen molar-refractivity contribution in [1.82, 2.24) is 4.98 Å². The van der Waals surface area contributed by atoms with Crippen LogP contribution in [-0.4, -0.2) is 15.6 Å². The van der Waals surface area contributed by atoms with Crippen LogP contribution in [0.15, 0.2) is 65.8 Å². The van der Waals surface area contributed by atoms with Crippen molar-refractivity contribution in [3.63, 3.8) is 0 Å². The van der Waals surface area contributed by atoms with Crippen molar-refractivity contribution in [1.29, 1.82) is 0 Å². The number of hydrogen-bond donors (Lipinski definition) is 1. The highest BCUT2D eigenvalue weighted by molar-refractivity contribution is 8.39. The second kappa shape index (κ2) is 5.39. The molecule has 0 radical (unpaired) electrons. The number of nitrogens with zero attached hydrogens (tertiary/aromatic N) is 2. The number of hydrogen-bond acceptors (Lipinski definition) is 3. The van der Waals surface area contributed by atoms with Gasteiger partial charge in [0.15, 0.2) is 0 Å². The van der Waals surface area contributed by atoms with Crippen LogP contribution in [-0.2, 0) is 5.75 Å². The van der Waals surface area contributed by atoms with Gasteiger partial charge in [-0.1, -0.05) is 36.4 Å². The number of aromatic nitrogens is 1. The quantitative estimate of drug-likeness (QED) is 0.719. The Kier molecular flexibility index (Phi) is 3.24. The molecular formula is C18H14N2OS. The Labute approximate surface area is 131 Å². The molecule has 1 unspecified atom stereocenters. The minimum atomic E-state index is -0.940. The molecule has 0 N–H and O–H groups in total. The molecule has 0 bridgehead atoms. The Hall–Kier alpha value is -2.46. The van der Waals surface area contributed by atoms with Gasteiger partial charge in [-0.3, -0.25) is 14.8 Å². The molecule has 1 aromatic heterocycles. The zero-order valence-corrected chi connectivity index (χ0v) is 12.7. The van der Waals surface area contributed by atoms with Crippen LogP contribution in [0.1, 0.15) is 15.9 Å². The molecule has 0 saturated heterocycles. The van der Waals surface area contributed by atoms with Crippen molar-refractivity contribution in [3.8, 4) is 0 Å². The van der Waals surface area contributed by atoms with Crippen molar-refractivity contribution in [3.05, 3.63) is 71.9 Å². The molecule has 1 aliphatic rings.